The van der Waals surface area contributed by atoms with Gasteiger partial charge in [-0.2, -0.15) is 0 Å². The van der Waals surface area contributed by atoms with Crippen molar-refractivity contribution in [2.75, 3.05) is 7.05 Å². The van der Waals surface area contributed by atoms with E-state index in [9.17, 15) is 5.11 Å². The summed E-state index contributed by atoms with van der Waals surface area (Å²) in [7, 11) is 1.95. The molecule has 0 aromatic heterocycles. The first-order valence-electron chi connectivity index (χ1n) is 11.0. The minimum absolute atomic E-state index is 0.00102. The minimum atomic E-state index is -0.143. The Balaban J connectivity index is 1.46. The second-order valence-electron chi connectivity index (χ2n) is 10.4. The lowest BCUT2D eigenvalue weighted by atomic mass is 9.79. The van der Waals surface area contributed by atoms with Crippen LogP contribution < -0.4 is 16.4 Å². The quantitative estimate of drug-likeness (QED) is 0.307. The van der Waals surface area contributed by atoms with Gasteiger partial charge in [0, 0.05) is 46.6 Å². The normalized spacial score (nSPS) is 23.8. The zero-order chi connectivity index (χ0) is 23.4. The molecule has 8 heteroatoms. The van der Waals surface area contributed by atoms with Crippen molar-refractivity contribution in [2.24, 2.45) is 5.73 Å². The molecule has 1 unspecified atom stereocenters. The molecular formula is C24H34N6OS. The summed E-state index contributed by atoms with van der Waals surface area (Å²) in [6, 6.07) is 3.84. The van der Waals surface area contributed by atoms with Crippen LogP contribution >= 0.6 is 11.8 Å². The molecule has 0 radical (unpaired) electrons. The molecule has 4 rings (SSSR count). The van der Waals surface area contributed by atoms with Crippen molar-refractivity contribution in [3.8, 4) is 5.75 Å². The van der Waals surface area contributed by atoms with Crippen molar-refractivity contribution in [1.82, 2.24) is 15.5 Å². The number of hydrogen-bond acceptors (Lipinski definition) is 7. The summed E-state index contributed by atoms with van der Waals surface area (Å²) >= 11 is 1.60. The largest absolute Gasteiger partial charge is 0.507 e. The van der Waals surface area contributed by atoms with Gasteiger partial charge in [-0.1, -0.05) is 11.8 Å². The number of benzene rings is 1. The van der Waals surface area contributed by atoms with Crippen molar-refractivity contribution in [3.05, 3.63) is 45.9 Å². The van der Waals surface area contributed by atoms with Gasteiger partial charge < -0.3 is 31.8 Å². The smallest absolute Gasteiger partial charge is 0.127 e. The lowest BCUT2D eigenvalue weighted by Gasteiger charge is -2.49. The van der Waals surface area contributed by atoms with Crippen LogP contribution in [0.1, 0.15) is 57.2 Å². The van der Waals surface area contributed by atoms with E-state index in [4.69, 9.17) is 16.6 Å². The van der Waals surface area contributed by atoms with E-state index >= 15 is 0 Å². The molecule has 7 N–H and O–H groups in total. The molecule has 1 fully saturated rings. The third kappa shape index (κ3) is 4.44. The van der Waals surface area contributed by atoms with Gasteiger partial charge in [-0.3, -0.25) is 5.41 Å². The summed E-state index contributed by atoms with van der Waals surface area (Å²) in [4.78, 5) is 3.18. The number of hydrogen-bond donors (Lipinski definition) is 6. The lowest BCUT2D eigenvalue weighted by Crippen LogP contribution is -2.62. The summed E-state index contributed by atoms with van der Waals surface area (Å²) in [6.07, 6.45) is 5.92. The number of thioether (sulfide) groups is 1. The van der Waals surface area contributed by atoms with Gasteiger partial charge in [-0.05, 0) is 70.4 Å². The molecule has 7 nitrogen and oxygen atoms in total. The minimum Gasteiger partial charge on any atom is -0.507 e. The number of nitrogens with one attached hydrogen (secondary N) is 4. The van der Waals surface area contributed by atoms with E-state index in [0.717, 1.165) is 36.1 Å². The highest BCUT2D eigenvalue weighted by atomic mass is 32.2. The van der Waals surface area contributed by atoms with Gasteiger partial charge in [-0.25, -0.2) is 0 Å². The third-order valence-corrected chi connectivity index (χ3v) is 7.48. The number of phenols is 1. The van der Waals surface area contributed by atoms with Gasteiger partial charge in [0.25, 0.3) is 0 Å². The van der Waals surface area contributed by atoms with Crippen LogP contribution in [0, 0.1) is 10.8 Å². The molecular weight excluding hydrogens is 420 g/mol. The maximum Gasteiger partial charge on any atom is 0.127 e. The van der Waals surface area contributed by atoms with Crippen LogP contribution in [0.3, 0.4) is 0 Å². The van der Waals surface area contributed by atoms with Crippen molar-refractivity contribution >= 4 is 29.0 Å². The van der Waals surface area contributed by atoms with Crippen LogP contribution in [0.15, 0.2) is 29.2 Å². The molecule has 2 heterocycles. The molecule has 172 valence electrons. The molecule has 1 atom stereocenters. The first-order chi connectivity index (χ1) is 14.8. The molecule has 0 spiro atoms. The second-order valence-corrected chi connectivity index (χ2v) is 11.6. The molecule has 1 aromatic rings. The Morgan fingerprint density at radius 3 is 2.50 bits per heavy atom. The van der Waals surface area contributed by atoms with Gasteiger partial charge in [-0.15, -0.1) is 0 Å². The second kappa shape index (κ2) is 7.93. The summed E-state index contributed by atoms with van der Waals surface area (Å²) in [5, 5.41) is 34.6. The number of amidine groups is 1. The average Bonchev–Trinajstić information content (AvgIpc) is 3.18. The number of likely N-dealkylation sites (N-methyl/N-ethyl adjacent to an activating group) is 1. The van der Waals surface area contributed by atoms with Crippen molar-refractivity contribution in [2.45, 2.75) is 69.6 Å². The molecule has 0 saturated carbocycles. The maximum absolute atomic E-state index is 10.6. The third-order valence-electron chi connectivity index (χ3n) is 6.47. The average molecular weight is 455 g/mol. The number of nitrogens with two attached hydrogens (primary N) is 1. The Morgan fingerprint density at radius 2 is 1.84 bits per heavy atom. The maximum atomic E-state index is 10.6. The zero-order valence-electron chi connectivity index (χ0n) is 19.5. The number of allylic oxidation sites excluding steroid dienone is 2. The number of piperidine rings is 1. The summed E-state index contributed by atoms with van der Waals surface area (Å²) < 4.78 is 0. The van der Waals surface area contributed by atoms with Crippen LogP contribution in [0.2, 0.25) is 0 Å². The Bertz CT molecular complexity index is 1030. The Kier molecular flexibility index (Phi) is 5.68. The van der Waals surface area contributed by atoms with E-state index in [0.29, 0.717) is 11.4 Å². The fourth-order valence-electron chi connectivity index (χ4n) is 5.33. The standard InChI is InChI=1S/C24H34N6OS/c1-23(2)11-14(12-24(3,4)29-23)30(5)20(26)7-6-17(25)16-8-13-9-19-21(28-22(27)32-19)15(13)10-18(16)31/h6-8,10,14,22,25-26,28-29,31H,9,11-12,27H2,1-5H3/b7-6-,25-17?,26-20?. The molecule has 0 bridgehead atoms. The van der Waals surface area contributed by atoms with Gasteiger partial charge in [0.05, 0.1) is 11.4 Å². The molecule has 32 heavy (non-hydrogen) atoms. The van der Waals surface area contributed by atoms with Gasteiger partial charge in [0.15, 0.2) is 0 Å². The van der Waals surface area contributed by atoms with Crippen molar-refractivity contribution < 1.29 is 5.11 Å². The zero-order valence-corrected chi connectivity index (χ0v) is 20.3. The number of nitrogens with zero attached hydrogens (tertiary/aromatic N) is 1. The highest BCUT2D eigenvalue weighted by molar-refractivity contribution is 8.04. The number of fused-ring (bicyclic) bond motifs is 2. The van der Waals surface area contributed by atoms with Crippen LogP contribution in [-0.4, -0.2) is 51.2 Å². The Hall–Kier alpha value is -2.29. The highest BCUT2D eigenvalue weighted by Gasteiger charge is 2.39. The van der Waals surface area contributed by atoms with Gasteiger partial charge in [0.2, 0.25) is 0 Å². The predicted molar refractivity (Wildman–Crippen MR) is 133 cm³/mol. The van der Waals surface area contributed by atoms with Crippen molar-refractivity contribution in [3.63, 3.8) is 0 Å². The van der Waals surface area contributed by atoms with Crippen LogP contribution in [0.25, 0.3) is 5.70 Å². The highest BCUT2D eigenvalue weighted by Crippen LogP contribution is 2.44. The van der Waals surface area contributed by atoms with Crippen LogP contribution in [0.4, 0.5) is 0 Å². The topological polar surface area (TPSA) is 121 Å². The van der Waals surface area contributed by atoms with Crippen LogP contribution in [0.5, 0.6) is 5.75 Å². The van der Waals surface area contributed by atoms with Gasteiger partial charge in [0.1, 0.15) is 17.1 Å². The number of rotatable bonds is 4. The monoisotopic (exact) mass is 454 g/mol. The lowest BCUT2D eigenvalue weighted by molar-refractivity contribution is 0.114. The molecule has 1 saturated heterocycles. The molecule has 2 aliphatic heterocycles. The molecule has 1 aromatic carbocycles. The summed E-state index contributed by atoms with van der Waals surface area (Å²) in [5.41, 5.74) is 9.52. The number of aromatic hydroxyl groups is 1. The number of phenolic OH excluding ortho intramolecular Hbond substituents is 1. The van der Waals surface area contributed by atoms with Gasteiger partial charge >= 0.3 is 0 Å². The Morgan fingerprint density at radius 1 is 1.19 bits per heavy atom. The fraction of sp³-hybridized carbons (Fsp3) is 0.500. The fourth-order valence-corrected chi connectivity index (χ4v) is 6.34. The molecule has 0 amide bonds. The molecule has 1 aliphatic carbocycles. The van der Waals surface area contributed by atoms with E-state index in [1.807, 2.05) is 18.0 Å². The van der Waals surface area contributed by atoms with Crippen molar-refractivity contribution in [1.29, 1.82) is 10.8 Å². The summed E-state index contributed by atoms with van der Waals surface area (Å²) in [5.74, 6) is 0.435. The first kappa shape index (κ1) is 22.9. The van der Waals surface area contributed by atoms with Crippen LogP contribution in [-0.2, 0) is 6.42 Å². The Labute approximate surface area is 194 Å². The molecule has 3 aliphatic rings. The van der Waals surface area contributed by atoms with E-state index in [-0.39, 0.29) is 34.1 Å². The summed E-state index contributed by atoms with van der Waals surface area (Å²) in [6.45, 7) is 8.81. The SMILES string of the molecule is CN(C(=N)/C=C\C(=N)c1cc2c(cc1O)C1=C(C2)SC(N)N1)C1CC(C)(C)NC(C)(C)C1. The van der Waals surface area contributed by atoms with E-state index in [1.165, 1.54) is 4.91 Å². The predicted octanol–water partition coefficient (Wildman–Crippen LogP) is 3.34. The van der Waals surface area contributed by atoms with E-state index in [1.54, 1.807) is 30.0 Å². The van der Waals surface area contributed by atoms with E-state index < -0.39 is 0 Å². The van der Waals surface area contributed by atoms with E-state index in [2.05, 4.69) is 38.3 Å². The first-order valence-corrected chi connectivity index (χ1v) is 11.9.